The Morgan fingerprint density at radius 3 is 2.71 bits per heavy atom. The van der Waals surface area contributed by atoms with Crippen LogP contribution >= 0.6 is 11.6 Å². The molecule has 0 saturated heterocycles. The largest absolute Gasteiger partial charge is 0.271 e. The quantitative estimate of drug-likeness (QED) is 0.644. The Bertz CT molecular complexity index is 498. The summed E-state index contributed by atoms with van der Waals surface area (Å²) < 4.78 is 0. The molecule has 0 spiro atoms. The molecule has 0 aliphatic carbocycles. The summed E-state index contributed by atoms with van der Waals surface area (Å²) in [4.78, 5) is 8.37. The van der Waals surface area contributed by atoms with Crippen molar-refractivity contribution in [2.75, 3.05) is 0 Å². The first-order valence-electron chi connectivity index (χ1n) is 5.20. The van der Waals surface area contributed by atoms with Gasteiger partial charge in [-0.25, -0.2) is 5.43 Å². The summed E-state index contributed by atoms with van der Waals surface area (Å²) in [6.45, 7) is 2.01. The Hall–Kier alpha value is -1.49. The minimum atomic E-state index is -0.180. The minimum absolute atomic E-state index is 0.180. The zero-order chi connectivity index (χ0) is 12.3. The van der Waals surface area contributed by atoms with Crippen molar-refractivity contribution in [1.82, 2.24) is 15.4 Å². The van der Waals surface area contributed by atoms with Crippen LogP contribution in [-0.2, 0) is 0 Å². The van der Waals surface area contributed by atoms with Gasteiger partial charge < -0.3 is 0 Å². The van der Waals surface area contributed by atoms with Crippen LogP contribution in [0.15, 0.2) is 36.8 Å². The summed E-state index contributed by atoms with van der Waals surface area (Å²) in [6.07, 6.45) is 5.14. The zero-order valence-electron chi connectivity index (χ0n) is 9.39. The number of hydrogen-bond donors (Lipinski definition) is 2. The topological polar surface area (TPSA) is 63.8 Å². The number of halogens is 1. The molecule has 0 saturated carbocycles. The predicted octanol–water partition coefficient (Wildman–Crippen LogP) is 1.99. The maximum atomic E-state index is 5.81. The van der Waals surface area contributed by atoms with E-state index in [2.05, 4.69) is 15.4 Å². The summed E-state index contributed by atoms with van der Waals surface area (Å²) in [5.41, 5.74) is 5.68. The Morgan fingerprint density at radius 1 is 1.29 bits per heavy atom. The van der Waals surface area contributed by atoms with Gasteiger partial charge in [0.1, 0.15) is 0 Å². The fourth-order valence-corrected chi connectivity index (χ4v) is 1.78. The van der Waals surface area contributed by atoms with Crippen LogP contribution in [0.1, 0.15) is 22.9 Å². The molecule has 4 nitrogen and oxygen atoms in total. The molecule has 0 aliphatic heterocycles. The molecule has 0 aliphatic rings. The highest BCUT2D eigenvalue weighted by Crippen LogP contribution is 2.22. The molecule has 1 unspecified atom stereocenters. The summed E-state index contributed by atoms with van der Waals surface area (Å²) >= 11 is 5.81. The second-order valence-corrected chi connectivity index (χ2v) is 4.17. The smallest absolute Gasteiger partial charge is 0.0898 e. The number of nitrogens with two attached hydrogens (primary N) is 1. The van der Waals surface area contributed by atoms with Crippen molar-refractivity contribution in [2.24, 2.45) is 5.84 Å². The number of pyridine rings is 2. The van der Waals surface area contributed by atoms with Crippen molar-refractivity contribution < 1.29 is 0 Å². The molecule has 17 heavy (non-hydrogen) atoms. The number of nitrogens with zero attached hydrogens (tertiary/aromatic N) is 2. The molecule has 2 rings (SSSR count). The predicted molar refractivity (Wildman–Crippen MR) is 67.4 cm³/mol. The lowest BCUT2D eigenvalue weighted by atomic mass is 10.0. The van der Waals surface area contributed by atoms with E-state index in [1.807, 2.05) is 19.1 Å². The Labute approximate surface area is 105 Å². The first kappa shape index (κ1) is 12.0. The van der Waals surface area contributed by atoms with Crippen LogP contribution in [0.2, 0.25) is 5.02 Å². The van der Waals surface area contributed by atoms with Crippen molar-refractivity contribution in [3.63, 3.8) is 0 Å². The molecule has 2 aromatic heterocycles. The third kappa shape index (κ3) is 2.61. The second kappa shape index (κ2) is 5.23. The lowest BCUT2D eigenvalue weighted by Gasteiger charge is -2.17. The molecule has 0 bridgehead atoms. The normalized spacial score (nSPS) is 12.4. The van der Waals surface area contributed by atoms with Crippen LogP contribution < -0.4 is 11.3 Å². The molecule has 0 amide bonds. The number of rotatable bonds is 3. The van der Waals surface area contributed by atoms with Crippen LogP contribution in [0.25, 0.3) is 0 Å². The van der Waals surface area contributed by atoms with E-state index in [-0.39, 0.29) is 6.04 Å². The lowest BCUT2D eigenvalue weighted by molar-refractivity contribution is 0.615. The molecule has 0 fully saturated rings. The molecule has 3 N–H and O–H groups in total. The molecule has 2 heterocycles. The Morgan fingerprint density at radius 2 is 2.12 bits per heavy atom. The molecular weight excluding hydrogens is 236 g/mol. The highest BCUT2D eigenvalue weighted by molar-refractivity contribution is 6.30. The summed E-state index contributed by atoms with van der Waals surface area (Å²) in [6, 6.07) is 5.40. The maximum absolute atomic E-state index is 5.81. The Balaban J connectivity index is 2.40. The summed E-state index contributed by atoms with van der Waals surface area (Å²) in [5, 5.41) is 0.604. The summed E-state index contributed by atoms with van der Waals surface area (Å²) in [5.74, 6) is 5.59. The number of hydrogen-bond acceptors (Lipinski definition) is 4. The van der Waals surface area contributed by atoms with Gasteiger partial charge in [-0.3, -0.25) is 15.8 Å². The number of aryl methyl sites for hydroxylation is 1. The molecule has 2 aromatic rings. The molecule has 1 atom stereocenters. The zero-order valence-corrected chi connectivity index (χ0v) is 10.1. The third-order valence-electron chi connectivity index (χ3n) is 2.60. The molecule has 0 radical (unpaired) electrons. The standard InChI is InChI=1S/C12H13ClN4/c1-8-4-5-15-7-10(8)12(17-14)11-3-2-9(13)6-16-11/h2-7,12,17H,14H2,1H3. The van der Waals surface area contributed by atoms with Gasteiger partial charge >= 0.3 is 0 Å². The lowest BCUT2D eigenvalue weighted by Crippen LogP contribution is -2.30. The Kier molecular flexibility index (Phi) is 3.68. The maximum Gasteiger partial charge on any atom is 0.0898 e. The van der Waals surface area contributed by atoms with Gasteiger partial charge in [0.2, 0.25) is 0 Å². The first-order valence-corrected chi connectivity index (χ1v) is 5.58. The van der Waals surface area contributed by atoms with E-state index in [4.69, 9.17) is 17.4 Å². The van der Waals surface area contributed by atoms with Gasteiger partial charge in [0, 0.05) is 18.6 Å². The van der Waals surface area contributed by atoms with E-state index < -0.39 is 0 Å². The highest BCUT2D eigenvalue weighted by Gasteiger charge is 2.15. The molecule has 0 aromatic carbocycles. The fraction of sp³-hybridized carbons (Fsp3) is 0.167. The van der Waals surface area contributed by atoms with Gasteiger partial charge in [0.05, 0.1) is 16.8 Å². The average Bonchev–Trinajstić information content (AvgIpc) is 2.35. The highest BCUT2D eigenvalue weighted by atomic mass is 35.5. The molecular formula is C12H13ClN4. The first-order chi connectivity index (χ1) is 8.22. The molecule has 5 heteroatoms. The van der Waals surface area contributed by atoms with Crippen molar-refractivity contribution in [2.45, 2.75) is 13.0 Å². The minimum Gasteiger partial charge on any atom is -0.271 e. The van der Waals surface area contributed by atoms with E-state index >= 15 is 0 Å². The number of aromatic nitrogens is 2. The third-order valence-corrected chi connectivity index (χ3v) is 2.83. The van der Waals surface area contributed by atoms with Gasteiger partial charge in [0.25, 0.3) is 0 Å². The van der Waals surface area contributed by atoms with Gasteiger partial charge in [-0.1, -0.05) is 11.6 Å². The molecule has 88 valence electrons. The van der Waals surface area contributed by atoms with E-state index in [0.29, 0.717) is 5.02 Å². The van der Waals surface area contributed by atoms with E-state index in [9.17, 15) is 0 Å². The fourth-order valence-electron chi connectivity index (χ4n) is 1.67. The van der Waals surface area contributed by atoms with Crippen LogP contribution in [0, 0.1) is 6.92 Å². The number of hydrazine groups is 1. The average molecular weight is 249 g/mol. The van der Waals surface area contributed by atoms with Gasteiger partial charge in [-0.05, 0) is 36.2 Å². The van der Waals surface area contributed by atoms with E-state index in [1.165, 1.54) is 0 Å². The van der Waals surface area contributed by atoms with Gasteiger partial charge in [0.15, 0.2) is 0 Å². The van der Waals surface area contributed by atoms with Crippen LogP contribution in [0.3, 0.4) is 0 Å². The van der Waals surface area contributed by atoms with Crippen molar-refractivity contribution in [3.8, 4) is 0 Å². The SMILES string of the molecule is Cc1ccncc1C(NN)c1ccc(Cl)cn1. The van der Waals surface area contributed by atoms with Crippen molar-refractivity contribution in [1.29, 1.82) is 0 Å². The van der Waals surface area contributed by atoms with E-state index in [1.54, 1.807) is 24.7 Å². The number of nitrogens with one attached hydrogen (secondary N) is 1. The van der Waals surface area contributed by atoms with Crippen LogP contribution in [-0.4, -0.2) is 9.97 Å². The van der Waals surface area contributed by atoms with Crippen molar-refractivity contribution in [3.05, 3.63) is 58.6 Å². The summed E-state index contributed by atoms with van der Waals surface area (Å²) in [7, 11) is 0. The second-order valence-electron chi connectivity index (χ2n) is 3.73. The van der Waals surface area contributed by atoms with Crippen molar-refractivity contribution >= 4 is 11.6 Å². The van der Waals surface area contributed by atoms with E-state index in [0.717, 1.165) is 16.8 Å². The monoisotopic (exact) mass is 248 g/mol. The van der Waals surface area contributed by atoms with Gasteiger partial charge in [-0.2, -0.15) is 0 Å². The van der Waals surface area contributed by atoms with Crippen LogP contribution in [0.4, 0.5) is 0 Å². The van der Waals surface area contributed by atoms with Crippen LogP contribution in [0.5, 0.6) is 0 Å². The van der Waals surface area contributed by atoms with Gasteiger partial charge in [-0.15, -0.1) is 0 Å².